The number of benzene rings is 1. The zero-order valence-corrected chi connectivity index (χ0v) is 13.9. The van der Waals surface area contributed by atoms with E-state index in [9.17, 15) is 4.79 Å². The number of anilines is 1. The second kappa shape index (κ2) is 6.75. The van der Waals surface area contributed by atoms with E-state index in [1.807, 2.05) is 12.1 Å². The number of carbonyl (C=O) groups is 1. The van der Waals surface area contributed by atoms with Gasteiger partial charge in [0.1, 0.15) is 0 Å². The van der Waals surface area contributed by atoms with Gasteiger partial charge in [0, 0.05) is 11.5 Å². The lowest BCUT2D eigenvalue weighted by molar-refractivity contribution is 0.102. The van der Waals surface area contributed by atoms with Crippen molar-refractivity contribution in [2.24, 2.45) is 0 Å². The molecule has 1 amide bonds. The fourth-order valence-electron chi connectivity index (χ4n) is 3.84. The molecule has 2 aliphatic rings. The molecule has 2 aromatic rings. The van der Waals surface area contributed by atoms with Crippen molar-refractivity contribution < 1.29 is 9.21 Å². The molecular formula is C19H23N3O2. The normalized spacial score (nSPS) is 18.2. The molecule has 0 saturated heterocycles. The number of amides is 1. The van der Waals surface area contributed by atoms with Gasteiger partial charge in [0.05, 0.1) is 0 Å². The lowest BCUT2D eigenvalue weighted by atomic mass is 9.89. The largest absolute Gasteiger partial charge is 0.408 e. The molecule has 1 saturated carbocycles. The van der Waals surface area contributed by atoms with Crippen molar-refractivity contribution in [2.45, 2.75) is 63.7 Å². The quantitative estimate of drug-likeness (QED) is 0.916. The van der Waals surface area contributed by atoms with Crippen LogP contribution < -0.4 is 5.32 Å². The highest BCUT2D eigenvalue weighted by atomic mass is 16.4. The Kier molecular flexibility index (Phi) is 4.32. The Morgan fingerprint density at radius 3 is 2.62 bits per heavy atom. The molecule has 126 valence electrons. The van der Waals surface area contributed by atoms with Gasteiger partial charge in [-0.2, -0.15) is 0 Å². The van der Waals surface area contributed by atoms with Crippen LogP contribution in [-0.4, -0.2) is 16.1 Å². The fraction of sp³-hybridized carbons (Fsp3) is 0.526. The van der Waals surface area contributed by atoms with Crippen molar-refractivity contribution in [1.82, 2.24) is 10.2 Å². The number of aromatic nitrogens is 2. The van der Waals surface area contributed by atoms with E-state index in [1.165, 1.54) is 43.2 Å². The molecule has 1 aromatic carbocycles. The summed E-state index contributed by atoms with van der Waals surface area (Å²) in [6, 6.07) is 6.17. The summed E-state index contributed by atoms with van der Waals surface area (Å²) < 4.78 is 5.67. The van der Waals surface area contributed by atoms with E-state index >= 15 is 0 Å². The molecule has 1 N–H and O–H groups in total. The van der Waals surface area contributed by atoms with Gasteiger partial charge in [-0.05, 0) is 61.8 Å². The third-order valence-corrected chi connectivity index (χ3v) is 5.23. The number of nitrogens with one attached hydrogen (secondary N) is 1. The SMILES string of the molecule is O=C(Nc1nnc(C2CCCCC2)o1)c1ccc2c(c1)CCCC2. The van der Waals surface area contributed by atoms with Gasteiger partial charge in [-0.1, -0.05) is 30.4 Å². The van der Waals surface area contributed by atoms with Crippen LogP contribution in [0.3, 0.4) is 0 Å². The van der Waals surface area contributed by atoms with E-state index in [1.54, 1.807) is 0 Å². The minimum atomic E-state index is -0.179. The zero-order valence-electron chi connectivity index (χ0n) is 13.9. The first-order chi connectivity index (χ1) is 11.8. The maximum absolute atomic E-state index is 12.4. The summed E-state index contributed by atoms with van der Waals surface area (Å²) in [6.07, 6.45) is 10.5. The van der Waals surface area contributed by atoms with Crippen molar-refractivity contribution in [1.29, 1.82) is 0 Å². The predicted molar refractivity (Wildman–Crippen MR) is 91.2 cm³/mol. The first-order valence-corrected chi connectivity index (χ1v) is 9.06. The van der Waals surface area contributed by atoms with Crippen LogP contribution in [0.2, 0.25) is 0 Å². The Bertz CT molecular complexity index is 732. The summed E-state index contributed by atoms with van der Waals surface area (Å²) in [5.41, 5.74) is 3.32. The molecule has 4 rings (SSSR count). The third-order valence-electron chi connectivity index (χ3n) is 5.23. The molecule has 1 aromatic heterocycles. The predicted octanol–water partition coefficient (Wildman–Crippen LogP) is 4.25. The molecule has 24 heavy (non-hydrogen) atoms. The van der Waals surface area contributed by atoms with Gasteiger partial charge in [-0.3, -0.25) is 10.1 Å². The van der Waals surface area contributed by atoms with Gasteiger partial charge in [0.25, 0.3) is 5.91 Å². The summed E-state index contributed by atoms with van der Waals surface area (Å²) in [4.78, 5) is 12.4. The maximum Gasteiger partial charge on any atom is 0.322 e. The number of nitrogens with zero attached hydrogens (tertiary/aromatic N) is 2. The average molecular weight is 325 g/mol. The van der Waals surface area contributed by atoms with Crippen LogP contribution in [0, 0.1) is 0 Å². The van der Waals surface area contributed by atoms with Crippen molar-refractivity contribution in [3.8, 4) is 0 Å². The van der Waals surface area contributed by atoms with Gasteiger partial charge in [-0.15, -0.1) is 5.10 Å². The Morgan fingerprint density at radius 2 is 1.79 bits per heavy atom. The lowest BCUT2D eigenvalue weighted by Crippen LogP contribution is -2.14. The summed E-state index contributed by atoms with van der Waals surface area (Å²) >= 11 is 0. The molecule has 0 radical (unpaired) electrons. The van der Waals surface area contributed by atoms with Crippen LogP contribution in [-0.2, 0) is 12.8 Å². The van der Waals surface area contributed by atoms with E-state index in [-0.39, 0.29) is 11.9 Å². The smallest absolute Gasteiger partial charge is 0.322 e. The van der Waals surface area contributed by atoms with Crippen LogP contribution in [0.5, 0.6) is 0 Å². The number of hydrogen-bond acceptors (Lipinski definition) is 4. The van der Waals surface area contributed by atoms with Gasteiger partial charge in [-0.25, -0.2) is 0 Å². The Balaban J connectivity index is 1.45. The molecular weight excluding hydrogens is 302 g/mol. The van der Waals surface area contributed by atoms with Crippen LogP contribution in [0.4, 0.5) is 6.01 Å². The highest BCUT2D eigenvalue weighted by Crippen LogP contribution is 2.32. The molecule has 0 atom stereocenters. The van der Waals surface area contributed by atoms with Gasteiger partial charge in [0.15, 0.2) is 0 Å². The second-order valence-electron chi connectivity index (χ2n) is 6.93. The zero-order chi connectivity index (χ0) is 16.4. The highest BCUT2D eigenvalue weighted by Gasteiger charge is 2.22. The Hall–Kier alpha value is -2.17. The molecule has 0 aliphatic heterocycles. The van der Waals surface area contributed by atoms with Crippen molar-refractivity contribution in [3.05, 3.63) is 40.8 Å². The minimum Gasteiger partial charge on any atom is -0.408 e. The topological polar surface area (TPSA) is 68.0 Å². The molecule has 1 fully saturated rings. The van der Waals surface area contributed by atoms with E-state index in [0.29, 0.717) is 17.4 Å². The molecule has 2 aliphatic carbocycles. The average Bonchev–Trinajstić information content (AvgIpc) is 3.10. The summed E-state index contributed by atoms with van der Waals surface area (Å²) in [5, 5.41) is 10.9. The molecule has 0 spiro atoms. The fourth-order valence-corrected chi connectivity index (χ4v) is 3.84. The summed E-state index contributed by atoms with van der Waals surface area (Å²) in [6.45, 7) is 0. The van der Waals surface area contributed by atoms with Crippen molar-refractivity contribution >= 4 is 11.9 Å². The number of carbonyl (C=O) groups excluding carboxylic acids is 1. The van der Waals surface area contributed by atoms with Crippen LogP contribution in [0.15, 0.2) is 22.6 Å². The van der Waals surface area contributed by atoms with Crippen LogP contribution in [0.1, 0.15) is 78.2 Å². The van der Waals surface area contributed by atoms with Gasteiger partial charge < -0.3 is 4.42 Å². The minimum absolute atomic E-state index is 0.179. The number of fused-ring (bicyclic) bond motifs is 1. The number of rotatable bonds is 3. The highest BCUT2D eigenvalue weighted by molar-refractivity contribution is 6.03. The van der Waals surface area contributed by atoms with E-state index < -0.39 is 0 Å². The van der Waals surface area contributed by atoms with Crippen LogP contribution >= 0.6 is 0 Å². The standard InChI is InChI=1S/C19H23N3O2/c23-17(16-11-10-13-6-4-5-9-15(13)12-16)20-19-22-21-18(24-19)14-7-2-1-3-8-14/h10-12,14H,1-9H2,(H,20,22,23). The van der Waals surface area contributed by atoms with E-state index in [4.69, 9.17) is 4.42 Å². The monoisotopic (exact) mass is 325 g/mol. The molecule has 0 unspecified atom stereocenters. The maximum atomic E-state index is 12.4. The van der Waals surface area contributed by atoms with Crippen molar-refractivity contribution in [2.75, 3.05) is 5.32 Å². The number of hydrogen-bond donors (Lipinski definition) is 1. The van der Waals surface area contributed by atoms with E-state index in [2.05, 4.69) is 21.6 Å². The van der Waals surface area contributed by atoms with Gasteiger partial charge in [0.2, 0.25) is 5.89 Å². The molecule has 1 heterocycles. The Morgan fingerprint density at radius 1 is 1.00 bits per heavy atom. The first-order valence-electron chi connectivity index (χ1n) is 9.06. The molecule has 5 heteroatoms. The third kappa shape index (κ3) is 3.21. The lowest BCUT2D eigenvalue weighted by Gasteiger charge is -2.17. The van der Waals surface area contributed by atoms with Crippen LogP contribution in [0.25, 0.3) is 0 Å². The molecule has 5 nitrogen and oxygen atoms in total. The summed E-state index contributed by atoms with van der Waals surface area (Å²) in [5.74, 6) is 0.832. The summed E-state index contributed by atoms with van der Waals surface area (Å²) in [7, 11) is 0. The molecule has 0 bridgehead atoms. The van der Waals surface area contributed by atoms with Crippen molar-refractivity contribution in [3.63, 3.8) is 0 Å². The Labute approximate surface area is 141 Å². The van der Waals surface area contributed by atoms with Gasteiger partial charge >= 0.3 is 6.01 Å². The second-order valence-corrected chi connectivity index (χ2v) is 6.93. The first kappa shape index (κ1) is 15.4. The number of aryl methyl sites for hydroxylation is 2. The van der Waals surface area contributed by atoms with E-state index in [0.717, 1.165) is 25.7 Å².